The second-order valence-corrected chi connectivity index (χ2v) is 7.81. The minimum atomic E-state index is -0.0250. The van der Waals surface area contributed by atoms with Crippen LogP contribution in [0.5, 0.6) is 0 Å². The molecule has 1 heteroatoms. The van der Waals surface area contributed by atoms with Crippen molar-refractivity contribution in [1.82, 2.24) is 0 Å². The molecular formula is C30H27N. The normalized spacial score (nSPS) is 11.5. The van der Waals surface area contributed by atoms with Crippen LogP contribution in [0.1, 0.15) is 40.3 Å². The van der Waals surface area contributed by atoms with Crippen molar-refractivity contribution < 1.29 is 0 Å². The Labute approximate surface area is 185 Å². The molecule has 4 aromatic rings. The van der Waals surface area contributed by atoms with E-state index in [-0.39, 0.29) is 6.04 Å². The average Bonchev–Trinajstić information content (AvgIpc) is 2.83. The van der Waals surface area contributed by atoms with Crippen LogP contribution in [-0.4, -0.2) is 5.71 Å². The van der Waals surface area contributed by atoms with Gasteiger partial charge in [-0.1, -0.05) is 127 Å². The lowest BCUT2D eigenvalue weighted by atomic mass is 9.94. The molecule has 0 aliphatic heterocycles. The number of hydrogen-bond acceptors (Lipinski definition) is 1. The van der Waals surface area contributed by atoms with Crippen molar-refractivity contribution in [1.29, 1.82) is 0 Å². The van der Waals surface area contributed by atoms with Gasteiger partial charge in [0.25, 0.3) is 0 Å². The van der Waals surface area contributed by atoms with Gasteiger partial charge in [-0.05, 0) is 30.0 Å². The number of aliphatic imine (C=N–C) groups is 1. The Morgan fingerprint density at radius 3 is 1.71 bits per heavy atom. The second-order valence-electron chi connectivity index (χ2n) is 7.81. The van der Waals surface area contributed by atoms with E-state index >= 15 is 0 Å². The van der Waals surface area contributed by atoms with Crippen molar-refractivity contribution in [2.45, 2.75) is 19.4 Å². The molecule has 4 aromatic carbocycles. The summed E-state index contributed by atoms with van der Waals surface area (Å²) in [6, 6.07) is 39.9. The summed E-state index contributed by atoms with van der Waals surface area (Å²) >= 11 is 0. The fourth-order valence-electron chi connectivity index (χ4n) is 3.80. The van der Waals surface area contributed by atoms with Crippen LogP contribution >= 0.6 is 0 Å². The third kappa shape index (κ3) is 5.26. The second kappa shape index (κ2) is 9.86. The molecule has 31 heavy (non-hydrogen) atoms. The summed E-state index contributed by atoms with van der Waals surface area (Å²) in [4.78, 5) is 5.35. The standard InChI is InChI=1S/C30H27N/c1-23-13-12-20-28(21-23)29(22-24(2)25-14-6-3-7-15-25)31-30(26-16-8-4-9-17-26)27-18-10-5-11-19-27/h3-21,29H,2,22H2,1H3. The number of aryl methyl sites for hydroxylation is 1. The van der Waals surface area contributed by atoms with E-state index in [1.54, 1.807) is 0 Å². The van der Waals surface area contributed by atoms with Gasteiger partial charge in [-0.15, -0.1) is 0 Å². The van der Waals surface area contributed by atoms with Crippen LogP contribution in [0.2, 0.25) is 0 Å². The van der Waals surface area contributed by atoms with Crippen molar-refractivity contribution in [3.63, 3.8) is 0 Å². The quantitative estimate of drug-likeness (QED) is 0.282. The summed E-state index contributed by atoms with van der Waals surface area (Å²) in [5.74, 6) is 0. The van der Waals surface area contributed by atoms with E-state index in [2.05, 4.69) is 111 Å². The fourth-order valence-corrected chi connectivity index (χ4v) is 3.80. The average molecular weight is 402 g/mol. The van der Waals surface area contributed by atoms with Gasteiger partial charge in [-0.3, -0.25) is 4.99 Å². The summed E-state index contributed by atoms with van der Waals surface area (Å²) in [5.41, 5.74) is 7.96. The van der Waals surface area contributed by atoms with Gasteiger partial charge < -0.3 is 0 Å². The Hall–Kier alpha value is -3.71. The van der Waals surface area contributed by atoms with Gasteiger partial charge in [0.1, 0.15) is 0 Å². The predicted octanol–water partition coefficient (Wildman–Crippen LogP) is 7.68. The SMILES string of the molecule is C=C(CC(N=C(c1ccccc1)c1ccccc1)c1cccc(C)c1)c1ccccc1. The highest BCUT2D eigenvalue weighted by molar-refractivity contribution is 6.13. The Kier molecular flexibility index (Phi) is 6.54. The van der Waals surface area contributed by atoms with E-state index in [1.807, 2.05) is 18.2 Å². The Morgan fingerprint density at radius 2 is 1.19 bits per heavy atom. The van der Waals surface area contributed by atoms with Crippen LogP contribution in [0.25, 0.3) is 5.57 Å². The maximum absolute atomic E-state index is 5.35. The lowest BCUT2D eigenvalue weighted by Crippen LogP contribution is -2.08. The molecule has 0 amide bonds. The lowest BCUT2D eigenvalue weighted by molar-refractivity contribution is 0.754. The van der Waals surface area contributed by atoms with Gasteiger partial charge in [0.05, 0.1) is 11.8 Å². The third-order valence-electron chi connectivity index (χ3n) is 5.43. The molecule has 0 bridgehead atoms. The summed E-state index contributed by atoms with van der Waals surface area (Å²) in [6.07, 6.45) is 0.761. The molecule has 0 aliphatic carbocycles. The molecule has 0 fully saturated rings. The molecule has 0 saturated heterocycles. The van der Waals surface area contributed by atoms with Gasteiger partial charge >= 0.3 is 0 Å². The molecule has 0 saturated carbocycles. The van der Waals surface area contributed by atoms with Crippen LogP contribution in [0, 0.1) is 6.92 Å². The molecule has 4 rings (SSSR count). The van der Waals surface area contributed by atoms with E-state index in [1.165, 1.54) is 11.1 Å². The topological polar surface area (TPSA) is 12.4 Å². The molecule has 152 valence electrons. The van der Waals surface area contributed by atoms with Crippen LogP contribution in [0.3, 0.4) is 0 Å². The highest BCUT2D eigenvalue weighted by atomic mass is 14.8. The first-order valence-corrected chi connectivity index (χ1v) is 10.7. The van der Waals surface area contributed by atoms with Crippen LogP contribution in [-0.2, 0) is 0 Å². The fraction of sp³-hybridized carbons (Fsp3) is 0.100. The minimum absolute atomic E-state index is 0.0250. The van der Waals surface area contributed by atoms with Gasteiger partial charge in [-0.2, -0.15) is 0 Å². The molecule has 1 atom stereocenters. The maximum atomic E-state index is 5.35. The van der Waals surface area contributed by atoms with Crippen molar-refractivity contribution in [3.05, 3.63) is 150 Å². The first-order chi connectivity index (χ1) is 15.2. The summed E-state index contributed by atoms with van der Waals surface area (Å²) in [6.45, 7) is 6.53. The molecule has 0 heterocycles. The van der Waals surface area contributed by atoms with E-state index in [0.717, 1.165) is 34.4 Å². The predicted molar refractivity (Wildman–Crippen MR) is 133 cm³/mol. The van der Waals surface area contributed by atoms with Gasteiger partial charge in [0.2, 0.25) is 0 Å². The first kappa shape index (κ1) is 20.6. The molecule has 1 unspecified atom stereocenters. The lowest BCUT2D eigenvalue weighted by Gasteiger charge is -2.19. The van der Waals surface area contributed by atoms with Crippen LogP contribution in [0.4, 0.5) is 0 Å². The van der Waals surface area contributed by atoms with E-state index in [4.69, 9.17) is 4.99 Å². The zero-order valence-electron chi connectivity index (χ0n) is 17.9. The smallest absolute Gasteiger partial charge is 0.0797 e. The maximum Gasteiger partial charge on any atom is 0.0797 e. The van der Waals surface area contributed by atoms with Crippen molar-refractivity contribution in [2.75, 3.05) is 0 Å². The zero-order chi connectivity index (χ0) is 21.5. The van der Waals surface area contributed by atoms with E-state index in [9.17, 15) is 0 Å². The Morgan fingerprint density at radius 1 is 0.677 bits per heavy atom. The highest BCUT2D eigenvalue weighted by Crippen LogP contribution is 2.31. The van der Waals surface area contributed by atoms with Crippen molar-refractivity contribution in [3.8, 4) is 0 Å². The van der Waals surface area contributed by atoms with Gasteiger partial charge in [0, 0.05) is 11.1 Å². The van der Waals surface area contributed by atoms with Gasteiger partial charge in [0.15, 0.2) is 0 Å². The number of nitrogens with zero attached hydrogens (tertiary/aromatic N) is 1. The molecule has 1 nitrogen and oxygen atoms in total. The minimum Gasteiger partial charge on any atom is -0.276 e. The molecule has 0 N–H and O–H groups in total. The third-order valence-corrected chi connectivity index (χ3v) is 5.43. The van der Waals surface area contributed by atoms with Crippen LogP contribution in [0.15, 0.2) is 127 Å². The van der Waals surface area contributed by atoms with Crippen molar-refractivity contribution >= 4 is 11.3 Å². The molecular weight excluding hydrogens is 374 g/mol. The Balaban J connectivity index is 1.80. The van der Waals surface area contributed by atoms with Gasteiger partial charge in [-0.25, -0.2) is 0 Å². The number of benzene rings is 4. The molecule has 0 radical (unpaired) electrons. The summed E-state index contributed by atoms with van der Waals surface area (Å²) in [5, 5.41) is 0. The van der Waals surface area contributed by atoms with E-state index < -0.39 is 0 Å². The Bertz CT molecular complexity index is 1120. The first-order valence-electron chi connectivity index (χ1n) is 10.7. The molecule has 0 aromatic heterocycles. The number of rotatable bonds is 7. The van der Waals surface area contributed by atoms with Crippen LogP contribution < -0.4 is 0 Å². The van der Waals surface area contributed by atoms with Crippen molar-refractivity contribution in [2.24, 2.45) is 4.99 Å². The highest BCUT2D eigenvalue weighted by Gasteiger charge is 2.16. The number of hydrogen-bond donors (Lipinski definition) is 0. The summed E-state index contributed by atoms with van der Waals surface area (Å²) in [7, 11) is 0. The monoisotopic (exact) mass is 401 g/mol. The van der Waals surface area contributed by atoms with E-state index in [0.29, 0.717) is 0 Å². The largest absolute Gasteiger partial charge is 0.276 e. The zero-order valence-corrected chi connectivity index (χ0v) is 17.9. The molecule has 0 spiro atoms. The molecule has 0 aliphatic rings. The summed E-state index contributed by atoms with van der Waals surface area (Å²) < 4.78 is 0.